The van der Waals surface area contributed by atoms with Crippen molar-refractivity contribution in [2.45, 2.75) is 38.1 Å². The Morgan fingerprint density at radius 3 is 2.33 bits per heavy atom. The summed E-state index contributed by atoms with van der Waals surface area (Å²) < 4.78 is 27.9. The van der Waals surface area contributed by atoms with E-state index in [1.165, 1.54) is 12.1 Å². The number of sulfonamides is 1. The summed E-state index contributed by atoms with van der Waals surface area (Å²) in [6, 6.07) is 6.80. The second-order valence-corrected chi connectivity index (χ2v) is 7.17. The number of nitrogens with one attached hydrogen (secondary N) is 1. The molecule has 1 aromatic carbocycles. The zero-order valence-corrected chi connectivity index (χ0v) is 13.8. The van der Waals surface area contributed by atoms with Crippen molar-refractivity contribution in [1.82, 2.24) is 5.32 Å². The number of nitrogens with two attached hydrogens (primary N) is 1. The van der Waals surface area contributed by atoms with E-state index in [1.54, 1.807) is 12.1 Å². The van der Waals surface area contributed by atoms with Gasteiger partial charge in [0.15, 0.2) is 0 Å². The maximum atomic E-state index is 11.2. The third-order valence-electron chi connectivity index (χ3n) is 3.08. The molecule has 0 amide bonds. The van der Waals surface area contributed by atoms with Gasteiger partial charge in [-0.15, -0.1) is 0 Å². The second kappa shape index (κ2) is 8.48. The molecule has 3 N–H and O–H groups in total. The first-order chi connectivity index (χ1) is 9.80. The van der Waals surface area contributed by atoms with E-state index in [1.807, 2.05) is 6.92 Å². The van der Waals surface area contributed by atoms with Gasteiger partial charge in [-0.2, -0.15) is 0 Å². The van der Waals surface area contributed by atoms with Gasteiger partial charge in [0.1, 0.15) is 0 Å². The summed E-state index contributed by atoms with van der Waals surface area (Å²) in [5, 5.41) is 8.46. The van der Waals surface area contributed by atoms with Crippen LogP contribution in [-0.4, -0.2) is 28.2 Å². The number of hydrogen-bond acceptors (Lipinski definition) is 4. The molecule has 0 saturated heterocycles. The fourth-order valence-corrected chi connectivity index (χ4v) is 2.39. The quantitative estimate of drug-likeness (QED) is 0.684. The fraction of sp³-hybridized carbons (Fsp3) is 0.600. The van der Waals surface area contributed by atoms with Gasteiger partial charge < -0.3 is 10.1 Å². The zero-order valence-electron chi connectivity index (χ0n) is 13.0. The molecule has 0 spiro atoms. The standard InChI is InChI=1S/C15H26N2O3S/c1-12(2)11-20-10-4-9-17-13(3)14-5-7-15(8-6-14)21(16,18)19/h5-8,12-13,17H,4,9-11H2,1-3H3,(H2,16,18,19). The molecule has 1 aromatic rings. The molecule has 1 rings (SSSR count). The van der Waals surface area contributed by atoms with Crippen LogP contribution in [-0.2, 0) is 14.8 Å². The number of rotatable bonds is 9. The molecule has 6 heteroatoms. The molecule has 21 heavy (non-hydrogen) atoms. The summed E-state index contributed by atoms with van der Waals surface area (Å²) >= 11 is 0. The Hall–Kier alpha value is -0.950. The van der Waals surface area contributed by atoms with Crippen molar-refractivity contribution in [3.05, 3.63) is 29.8 Å². The van der Waals surface area contributed by atoms with Crippen LogP contribution in [0.5, 0.6) is 0 Å². The minimum Gasteiger partial charge on any atom is -0.381 e. The van der Waals surface area contributed by atoms with E-state index in [-0.39, 0.29) is 10.9 Å². The summed E-state index contributed by atoms with van der Waals surface area (Å²) in [4.78, 5) is 0.139. The van der Waals surface area contributed by atoms with Crippen LogP contribution in [0, 0.1) is 5.92 Å². The van der Waals surface area contributed by atoms with Crippen molar-refractivity contribution in [3.8, 4) is 0 Å². The van der Waals surface area contributed by atoms with E-state index >= 15 is 0 Å². The maximum Gasteiger partial charge on any atom is 0.238 e. The number of hydrogen-bond donors (Lipinski definition) is 2. The Kier molecular flexibility index (Phi) is 7.31. The third kappa shape index (κ3) is 7.04. The molecule has 0 aliphatic carbocycles. The molecule has 1 atom stereocenters. The predicted molar refractivity (Wildman–Crippen MR) is 84.5 cm³/mol. The van der Waals surface area contributed by atoms with Gasteiger partial charge in [0.2, 0.25) is 10.0 Å². The highest BCUT2D eigenvalue weighted by Crippen LogP contribution is 2.15. The van der Waals surface area contributed by atoms with Crippen molar-refractivity contribution in [3.63, 3.8) is 0 Å². The number of primary sulfonamides is 1. The highest BCUT2D eigenvalue weighted by Gasteiger charge is 2.09. The number of ether oxygens (including phenoxy) is 1. The molecule has 0 heterocycles. The van der Waals surface area contributed by atoms with Crippen LogP contribution < -0.4 is 10.5 Å². The van der Waals surface area contributed by atoms with Crippen LogP contribution in [0.4, 0.5) is 0 Å². The van der Waals surface area contributed by atoms with Gasteiger partial charge >= 0.3 is 0 Å². The van der Waals surface area contributed by atoms with Gasteiger partial charge in [0, 0.05) is 19.3 Å². The zero-order chi connectivity index (χ0) is 15.9. The van der Waals surface area contributed by atoms with Gasteiger partial charge in [0.25, 0.3) is 0 Å². The largest absolute Gasteiger partial charge is 0.381 e. The van der Waals surface area contributed by atoms with Gasteiger partial charge in [-0.25, -0.2) is 13.6 Å². The summed E-state index contributed by atoms with van der Waals surface area (Å²) in [6.07, 6.45) is 0.951. The molecule has 1 unspecified atom stereocenters. The lowest BCUT2D eigenvalue weighted by molar-refractivity contribution is 0.107. The van der Waals surface area contributed by atoms with Crippen molar-refractivity contribution < 1.29 is 13.2 Å². The maximum absolute atomic E-state index is 11.2. The third-order valence-corrected chi connectivity index (χ3v) is 4.01. The molecular weight excluding hydrogens is 288 g/mol. The van der Waals surface area contributed by atoms with Crippen LogP contribution in [0.2, 0.25) is 0 Å². The van der Waals surface area contributed by atoms with Crippen LogP contribution in [0.15, 0.2) is 29.2 Å². The highest BCUT2D eigenvalue weighted by atomic mass is 32.2. The molecule has 0 aliphatic rings. The average molecular weight is 314 g/mol. The van der Waals surface area contributed by atoms with E-state index in [0.717, 1.165) is 31.7 Å². The fourth-order valence-electron chi connectivity index (χ4n) is 1.88. The van der Waals surface area contributed by atoms with Crippen LogP contribution >= 0.6 is 0 Å². The van der Waals surface area contributed by atoms with Crippen LogP contribution in [0.25, 0.3) is 0 Å². The van der Waals surface area contributed by atoms with E-state index in [2.05, 4.69) is 19.2 Å². The summed E-state index contributed by atoms with van der Waals surface area (Å²) in [7, 11) is -3.62. The van der Waals surface area contributed by atoms with Crippen LogP contribution in [0.3, 0.4) is 0 Å². The Labute approximate surface area is 127 Å². The average Bonchev–Trinajstić information content (AvgIpc) is 2.41. The predicted octanol–water partition coefficient (Wildman–Crippen LogP) is 2.05. The van der Waals surface area contributed by atoms with E-state index in [4.69, 9.17) is 9.88 Å². The monoisotopic (exact) mass is 314 g/mol. The summed E-state index contributed by atoms with van der Waals surface area (Å²) in [6.45, 7) is 8.71. The molecule has 120 valence electrons. The summed E-state index contributed by atoms with van der Waals surface area (Å²) in [5.41, 5.74) is 1.03. The van der Waals surface area contributed by atoms with E-state index in [0.29, 0.717) is 5.92 Å². The molecule has 0 fully saturated rings. The highest BCUT2D eigenvalue weighted by molar-refractivity contribution is 7.89. The Morgan fingerprint density at radius 1 is 1.19 bits per heavy atom. The lowest BCUT2D eigenvalue weighted by Crippen LogP contribution is -2.21. The van der Waals surface area contributed by atoms with Crippen molar-refractivity contribution in [1.29, 1.82) is 0 Å². The van der Waals surface area contributed by atoms with Crippen LogP contribution in [0.1, 0.15) is 38.8 Å². The molecular formula is C15H26N2O3S. The van der Waals surface area contributed by atoms with Gasteiger partial charge in [-0.1, -0.05) is 26.0 Å². The molecule has 0 saturated carbocycles. The molecule has 5 nitrogen and oxygen atoms in total. The van der Waals surface area contributed by atoms with E-state index in [9.17, 15) is 8.42 Å². The Bertz CT molecular complexity index is 512. The van der Waals surface area contributed by atoms with E-state index < -0.39 is 10.0 Å². The Morgan fingerprint density at radius 2 is 1.81 bits per heavy atom. The minimum atomic E-state index is -3.62. The van der Waals surface area contributed by atoms with Gasteiger partial charge in [0.05, 0.1) is 4.90 Å². The molecule has 0 bridgehead atoms. The first-order valence-corrected chi connectivity index (χ1v) is 8.79. The first-order valence-electron chi connectivity index (χ1n) is 7.24. The van der Waals surface area contributed by atoms with Crippen molar-refractivity contribution in [2.75, 3.05) is 19.8 Å². The lowest BCUT2D eigenvalue weighted by atomic mass is 10.1. The van der Waals surface area contributed by atoms with Crippen molar-refractivity contribution >= 4 is 10.0 Å². The minimum absolute atomic E-state index is 0.139. The molecule has 0 aliphatic heterocycles. The smallest absolute Gasteiger partial charge is 0.238 e. The summed E-state index contributed by atoms with van der Waals surface area (Å²) in [5.74, 6) is 0.564. The SMILES string of the molecule is CC(C)COCCCNC(C)c1ccc(S(N)(=O)=O)cc1. The van der Waals surface area contributed by atoms with Gasteiger partial charge in [-0.05, 0) is 43.5 Å². The second-order valence-electron chi connectivity index (χ2n) is 5.61. The number of benzene rings is 1. The first kappa shape index (κ1) is 18.1. The normalized spacial score (nSPS) is 13.6. The van der Waals surface area contributed by atoms with Crippen molar-refractivity contribution in [2.24, 2.45) is 11.1 Å². The Balaban J connectivity index is 2.34. The topological polar surface area (TPSA) is 81.4 Å². The molecule has 0 aromatic heterocycles. The van der Waals surface area contributed by atoms with Gasteiger partial charge in [-0.3, -0.25) is 0 Å². The lowest BCUT2D eigenvalue weighted by Gasteiger charge is -2.15. The molecule has 0 radical (unpaired) electrons.